The summed E-state index contributed by atoms with van der Waals surface area (Å²) in [4.78, 5) is 10.8. The zero-order chi connectivity index (χ0) is 12.2. The molecular weight excluding hydrogens is 221 g/mol. The Morgan fingerprint density at radius 2 is 2.06 bits per heavy atom. The third-order valence-corrected chi connectivity index (χ3v) is 1.93. The molecule has 1 aromatic rings. The normalized spacial score (nSPS) is 11.2. The van der Waals surface area contributed by atoms with Gasteiger partial charge in [-0.25, -0.2) is 0 Å². The fourth-order valence-corrected chi connectivity index (χ4v) is 1.13. The van der Waals surface area contributed by atoms with Crippen LogP contribution < -0.4 is 11.1 Å². The van der Waals surface area contributed by atoms with E-state index in [1.807, 2.05) is 0 Å². The van der Waals surface area contributed by atoms with E-state index in [4.69, 9.17) is 5.73 Å². The van der Waals surface area contributed by atoms with Gasteiger partial charge in [0, 0.05) is 6.54 Å². The van der Waals surface area contributed by atoms with Gasteiger partial charge in [-0.15, -0.1) is 0 Å². The van der Waals surface area contributed by atoms with E-state index >= 15 is 0 Å². The number of carbonyl (C=O) groups is 1. The third kappa shape index (κ3) is 3.54. The quantitative estimate of drug-likeness (QED) is 0.824. The summed E-state index contributed by atoms with van der Waals surface area (Å²) >= 11 is 0. The van der Waals surface area contributed by atoms with Crippen molar-refractivity contribution in [3.05, 3.63) is 35.4 Å². The Morgan fingerprint density at radius 1 is 1.38 bits per heavy atom. The minimum atomic E-state index is -4.37. The first kappa shape index (κ1) is 12.5. The van der Waals surface area contributed by atoms with Gasteiger partial charge in [-0.05, 0) is 17.7 Å². The number of halogens is 3. The molecule has 3 N–H and O–H groups in total. The van der Waals surface area contributed by atoms with E-state index in [9.17, 15) is 18.0 Å². The Kier molecular flexibility index (Phi) is 3.89. The van der Waals surface area contributed by atoms with Crippen molar-refractivity contribution >= 4 is 5.91 Å². The van der Waals surface area contributed by atoms with Crippen LogP contribution in [0.15, 0.2) is 24.3 Å². The van der Waals surface area contributed by atoms with Crippen molar-refractivity contribution in [2.45, 2.75) is 12.7 Å². The van der Waals surface area contributed by atoms with Gasteiger partial charge in [-0.2, -0.15) is 13.2 Å². The summed E-state index contributed by atoms with van der Waals surface area (Å²) < 4.78 is 37.0. The zero-order valence-electron chi connectivity index (χ0n) is 8.34. The number of hydrogen-bond donors (Lipinski definition) is 2. The third-order valence-electron chi connectivity index (χ3n) is 1.93. The lowest BCUT2D eigenvalue weighted by Gasteiger charge is -2.09. The van der Waals surface area contributed by atoms with Crippen LogP contribution in [-0.4, -0.2) is 12.5 Å². The molecule has 0 fully saturated rings. The Labute approximate surface area is 90.4 Å². The Bertz CT molecular complexity index is 377. The van der Waals surface area contributed by atoms with E-state index in [0.717, 1.165) is 12.1 Å². The summed E-state index contributed by atoms with van der Waals surface area (Å²) in [7, 11) is 0. The van der Waals surface area contributed by atoms with Crippen LogP contribution in [-0.2, 0) is 17.5 Å². The molecule has 0 saturated carbocycles. The average Bonchev–Trinajstić information content (AvgIpc) is 2.25. The highest BCUT2D eigenvalue weighted by Crippen LogP contribution is 2.29. The maximum absolute atomic E-state index is 12.3. The molecule has 0 radical (unpaired) electrons. The van der Waals surface area contributed by atoms with E-state index in [0.29, 0.717) is 5.56 Å². The first-order chi connectivity index (χ1) is 7.43. The maximum Gasteiger partial charge on any atom is 0.416 e. The highest BCUT2D eigenvalue weighted by molar-refractivity contribution is 5.77. The van der Waals surface area contributed by atoms with Crippen LogP contribution in [0.2, 0.25) is 0 Å². The maximum atomic E-state index is 12.3. The van der Waals surface area contributed by atoms with Crippen molar-refractivity contribution in [1.82, 2.24) is 5.32 Å². The molecule has 0 aromatic heterocycles. The molecule has 0 unspecified atom stereocenters. The predicted octanol–water partition coefficient (Wildman–Crippen LogP) is 1.28. The molecule has 0 bridgehead atoms. The van der Waals surface area contributed by atoms with Gasteiger partial charge in [0.25, 0.3) is 0 Å². The lowest BCUT2D eigenvalue weighted by atomic mass is 10.1. The van der Waals surface area contributed by atoms with E-state index < -0.39 is 17.6 Å². The van der Waals surface area contributed by atoms with Crippen molar-refractivity contribution in [2.75, 3.05) is 6.54 Å². The fraction of sp³-hybridized carbons (Fsp3) is 0.300. The van der Waals surface area contributed by atoms with E-state index in [-0.39, 0.29) is 13.1 Å². The molecule has 0 saturated heterocycles. The molecular formula is C10H11F3N2O. The fourth-order valence-electron chi connectivity index (χ4n) is 1.13. The first-order valence-corrected chi connectivity index (χ1v) is 4.56. The van der Waals surface area contributed by atoms with Crippen molar-refractivity contribution in [1.29, 1.82) is 0 Å². The minimum absolute atomic E-state index is 0.0416. The van der Waals surface area contributed by atoms with Crippen molar-refractivity contribution in [3.8, 4) is 0 Å². The van der Waals surface area contributed by atoms with E-state index in [1.165, 1.54) is 12.1 Å². The summed E-state index contributed by atoms with van der Waals surface area (Å²) in [6, 6.07) is 4.78. The number of rotatable bonds is 3. The molecule has 0 aliphatic rings. The predicted molar refractivity (Wildman–Crippen MR) is 52.3 cm³/mol. The van der Waals surface area contributed by atoms with Gasteiger partial charge in [-0.3, -0.25) is 4.79 Å². The lowest BCUT2D eigenvalue weighted by molar-refractivity contribution is -0.137. The number of alkyl halides is 3. The molecule has 1 rings (SSSR count). The topological polar surface area (TPSA) is 55.1 Å². The second-order valence-electron chi connectivity index (χ2n) is 3.18. The van der Waals surface area contributed by atoms with Crippen molar-refractivity contribution in [3.63, 3.8) is 0 Å². The molecule has 0 aliphatic carbocycles. The number of hydrogen-bond acceptors (Lipinski definition) is 2. The Balaban J connectivity index is 2.72. The average molecular weight is 232 g/mol. The van der Waals surface area contributed by atoms with Crippen LogP contribution in [0.1, 0.15) is 11.1 Å². The number of nitrogens with one attached hydrogen (secondary N) is 1. The number of carbonyl (C=O) groups excluding carboxylic acids is 1. The molecule has 3 nitrogen and oxygen atoms in total. The van der Waals surface area contributed by atoms with Gasteiger partial charge in [0.05, 0.1) is 12.1 Å². The van der Waals surface area contributed by atoms with Crippen molar-refractivity contribution < 1.29 is 18.0 Å². The van der Waals surface area contributed by atoms with Crippen LogP contribution in [0.5, 0.6) is 0 Å². The van der Waals surface area contributed by atoms with E-state index in [1.54, 1.807) is 0 Å². The van der Waals surface area contributed by atoms with Crippen LogP contribution >= 0.6 is 0 Å². The van der Waals surface area contributed by atoms with Crippen LogP contribution in [0, 0.1) is 0 Å². The smallest absolute Gasteiger partial charge is 0.351 e. The highest BCUT2D eigenvalue weighted by Gasteiger charge is 2.30. The SMILES string of the molecule is NCC(=O)NCc1cccc(C(F)(F)F)c1. The molecule has 1 aromatic carbocycles. The van der Waals surface area contributed by atoms with Gasteiger partial charge in [0.1, 0.15) is 0 Å². The molecule has 0 atom stereocenters. The zero-order valence-corrected chi connectivity index (χ0v) is 8.34. The van der Waals surface area contributed by atoms with Crippen molar-refractivity contribution in [2.24, 2.45) is 5.73 Å². The summed E-state index contributed by atoms with van der Waals surface area (Å²) in [5, 5.41) is 2.40. The van der Waals surface area contributed by atoms with Crippen LogP contribution in [0.25, 0.3) is 0 Å². The van der Waals surface area contributed by atoms with Crippen LogP contribution in [0.3, 0.4) is 0 Å². The lowest BCUT2D eigenvalue weighted by Crippen LogP contribution is -2.29. The van der Waals surface area contributed by atoms with E-state index in [2.05, 4.69) is 5.32 Å². The molecule has 1 amide bonds. The van der Waals surface area contributed by atoms with Gasteiger partial charge in [0.2, 0.25) is 5.91 Å². The standard InChI is InChI=1S/C10H11F3N2O/c11-10(12,13)8-3-1-2-7(4-8)6-15-9(16)5-14/h1-4H,5-6,14H2,(H,15,16). The summed E-state index contributed by atoms with van der Waals surface area (Å²) in [5.41, 5.74) is 4.70. The molecule has 0 aliphatic heterocycles. The van der Waals surface area contributed by atoms with Crippen LogP contribution in [0.4, 0.5) is 13.2 Å². The summed E-state index contributed by atoms with van der Waals surface area (Å²) in [6.07, 6.45) is -4.37. The molecule has 0 spiro atoms. The number of benzene rings is 1. The molecule has 88 valence electrons. The number of nitrogens with two attached hydrogens (primary N) is 1. The van der Waals surface area contributed by atoms with Gasteiger partial charge < -0.3 is 11.1 Å². The largest absolute Gasteiger partial charge is 0.416 e. The molecule has 6 heteroatoms. The second kappa shape index (κ2) is 4.98. The second-order valence-corrected chi connectivity index (χ2v) is 3.18. The first-order valence-electron chi connectivity index (χ1n) is 4.56. The molecule has 0 heterocycles. The summed E-state index contributed by atoms with van der Waals surface area (Å²) in [6.45, 7) is -0.140. The summed E-state index contributed by atoms with van der Waals surface area (Å²) in [5.74, 6) is -0.405. The van der Waals surface area contributed by atoms with Gasteiger partial charge in [0.15, 0.2) is 0 Å². The molecule has 16 heavy (non-hydrogen) atoms. The minimum Gasteiger partial charge on any atom is -0.351 e. The monoisotopic (exact) mass is 232 g/mol. The van der Waals surface area contributed by atoms with Gasteiger partial charge in [-0.1, -0.05) is 12.1 Å². The Morgan fingerprint density at radius 3 is 2.62 bits per heavy atom. The Hall–Kier alpha value is -1.56. The van der Waals surface area contributed by atoms with Gasteiger partial charge >= 0.3 is 6.18 Å². The number of amides is 1. The highest BCUT2D eigenvalue weighted by atomic mass is 19.4.